The Labute approximate surface area is 184 Å². The first-order chi connectivity index (χ1) is 14.6. The maximum absolute atomic E-state index is 12.0. The van der Waals surface area contributed by atoms with Gasteiger partial charge in [0.25, 0.3) is 0 Å². The van der Waals surface area contributed by atoms with Gasteiger partial charge in [-0.2, -0.15) is 0 Å². The van der Waals surface area contributed by atoms with Crippen molar-refractivity contribution >= 4 is 5.97 Å². The molecule has 0 amide bonds. The molecule has 0 aromatic heterocycles. The van der Waals surface area contributed by atoms with Gasteiger partial charge >= 0.3 is 5.97 Å². The second-order valence-electron chi connectivity index (χ2n) is 9.88. The van der Waals surface area contributed by atoms with Crippen LogP contribution >= 0.6 is 0 Å². The van der Waals surface area contributed by atoms with E-state index in [-0.39, 0.29) is 25.7 Å². The molecule has 2 saturated carbocycles. The number of methoxy groups -OCH3 is 1. The Morgan fingerprint density at radius 2 is 1.73 bits per heavy atom. The van der Waals surface area contributed by atoms with Crippen LogP contribution in [0, 0.1) is 29.6 Å². The summed E-state index contributed by atoms with van der Waals surface area (Å²) in [6.07, 6.45) is 17.6. The third-order valence-corrected chi connectivity index (χ3v) is 7.77. The summed E-state index contributed by atoms with van der Waals surface area (Å²) in [5, 5.41) is 9.86. The molecule has 2 aliphatic rings. The number of hydrogen-bond donors (Lipinski definition) is 1. The van der Waals surface area contributed by atoms with Crippen LogP contribution in [-0.4, -0.2) is 38.0 Å². The van der Waals surface area contributed by atoms with Crippen molar-refractivity contribution in [1.29, 1.82) is 0 Å². The molecule has 1 N–H and O–H groups in total. The van der Waals surface area contributed by atoms with E-state index in [1.807, 2.05) is 0 Å². The zero-order chi connectivity index (χ0) is 21.8. The Morgan fingerprint density at radius 3 is 2.40 bits per heavy atom. The topological polar surface area (TPSA) is 55.8 Å². The molecular weight excluding hydrogens is 376 g/mol. The molecule has 3 atom stereocenters. The fourth-order valence-electron chi connectivity index (χ4n) is 5.79. The lowest BCUT2D eigenvalue weighted by Crippen LogP contribution is -2.31. The number of carbonyl (C=O) groups is 1. The lowest BCUT2D eigenvalue weighted by Gasteiger charge is -2.36. The number of hydrogen-bond acceptors (Lipinski definition) is 4. The Balaban J connectivity index is 1.72. The maximum atomic E-state index is 12.0. The first kappa shape index (κ1) is 25.4. The highest BCUT2D eigenvalue weighted by molar-refractivity contribution is 5.87. The highest BCUT2D eigenvalue weighted by Gasteiger charge is 2.32. The minimum Gasteiger partial charge on any atom is -0.462 e. The summed E-state index contributed by atoms with van der Waals surface area (Å²) in [7, 11) is 1.54. The number of esters is 1. The van der Waals surface area contributed by atoms with E-state index in [0.717, 1.165) is 30.6 Å². The number of carbonyl (C=O) groups excluding carboxylic acids is 1. The van der Waals surface area contributed by atoms with Crippen molar-refractivity contribution in [3.8, 4) is 0 Å². The first-order valence-electron chi connectivity index (χ1n) is 12.5. The molecule has 0 aromatic rings. The molecule has 2 rings (SSSR count). The predicted molar refractivity (Wildman–Crippen MR) is 122 cm³/mol. The Kier molecular flexibility index (Phi) is 12.1. The lowest BCUT2D eigenvalue weighted by molar-refractivity contribution is -0.142. The molecule has 0 radical (unpaired) electrons. The van der Waals surface area contributed by atoms with E-state index < -0.39 is 5.97 Å². The van der Waals surface area contributed by atoms with Crippen LogP contribution in [0.3, 0.4) is 0 Å². The van der Waals surface area contributed by atoms with E-state index in [4.69, 9.17) is 9.47 Å². The molecule has 4 heteroatoms. The van der Waals surface area contributed by atoms with Crippen LogP contribution in [-0.2, 0) is 14.3 Å². The Bertz CT molecular complexity index is 495. The van der Waals surface area contributed by atoms with E-state index >= 15 is 0 Å². The molecular formula is C26H46O4. The standard InChI is InChI=1S/C26H46O4/c1-4-5-6-8-21-9-7-10-22(12-11-21)23-13-15-24(16-14-23)25(17-27)19-30-26(28)20(2)18-29-3/h21-25,27H,2,4-19H2,1,3H3. The van der Waals surface area contributed by atoms with Crippen LogP contribution in [0.15, 0.2) is 12.2 Å². The minimum absolute atomic E-state index is 0.0438. The molecule has 0 spiro atoms. The third kappa shape index (κ3) is 8.34. The molecule has 2 aliphatic carbocycles. The fraction of sp³-hybridized carbons (Fsp3) is 0.885. The van der Waals surface area contributed by atoms with Gasteiger partial charge in [-0.15, -0.1) is 0 Å². The molecule has 2 fully saturated rings. The SMILES string of the molecule is C=C(COC)C(=O)OCC(CO)C1CCC(C2CCCC(CCCCC)CC2)CC1. The normalized spacial score (nSPS) is 28.5. The van der Waals surface area contributed by atoms with Crippen LogP contribution in [0.25, 0.3) is 0 Å². The lowest BCUT2D eigenvalue weighted by atomic mass is 9.70. The van der Waals surface area contributed by atoms with Gasteiger partial charge in [0, 0.05) is 19.6 Å². The van der Waals surface area contributed by atoms with Gasteiger partial charge in [-0.1, -0.05) is 64.9 Å². The van der Waals surface area contributed by atoms with Gasteiger partial charge in [0.15, 0.2) is 0 Å². The summed E-state index contributed by atoms with van der Waals surface area (Å²) in [6.45, 7) is 6.55. The minimum atomic E-state index is -0.407. The molecule has 0 bridgehead atoms. The van der Waals surface area contributed by atoms with Crippen molar-refractivity contribution in [2.24, 2.45) is 29.6 Å². The molecule has 0 aromatic carbocycles. The second kappa shape index (κ2) is 14.2. The largest absolute Gasteiger partial charge is 0.462 e. The zero-order valence-electron chi connectivity index (χ0n) is 19.6. The summed E-state index contributed by atoms with van der Waals surface area (Å²) in [5.74, 6) is 2.84. The van der Waals surface area contributed by atoms with Crippen molar-refractivity contribution in [2.45, 2.75) is 90.4 Å². The second-order valence-corrected chi connectivity index (χ2v) is 9.88. The van der Waals surface area contributed by atoms with Crippen molar-refractivity contribution < 1.29 is 19.4 Å². The fourth-order valence-corrected chi connectivity index (χ4v) is 5.79. The quantitative estimate of drug-likeness (QED) is 0.183. The summed E-state index contributed by atoms with van der Waals surface area (Å²) in [5.41, 5.74) is 0.333. The van der Waals surface area contributed by atoms with E-state index in [2.05, 4.69) is 13.5 Å². The van der Waals surface area contributed by atoms with E-state index in [1.165, 1.54) is 77.7 Å². The van der Waals surface area contributed by atoms with Gasteiger partial charge in [-0.3, -0.25) is 0 Å². The van der Waals surface area contributed by atoms with Gasteiger partial charge in [0.2, 0.25) is 0 Å². The molecule has 0 heterocycles. The van der Waals surface area contributed by atoms with Gasteiger partial charge in [0.1, 0.15) is 0 Å². The number of unbranched alkanes of at least 4 members (excludes halogenated alkanes) is 2. The predicted octanol–water partition coefficient (Wildman–Crippen LogP) is 5.92. The number of aliphatic hydroxyl groups is 1. The van der Waals surface area contributed by atoms with E-state index in [1.54, 1.807) is 0 Å². The Hall–Kier alpha value is -0.870. The van der Waals surface area contributed by atoms with Gasteiger partial charge in [-0.05, 0) is 55.8 Å². The molecule has 0 aliphatic heterocycles. The van der Waals surface area contributed by atoms with Gasteiger partial charge in [-0.25, -0.2) is 4.79 Å². The monoisotopic (exact) mass is 422 g/mol. The first-order valence-corrected chi connectivity index (χ1v) is 12.5. The molecule has 3 unspecified atom stereocenters. The zero-order valence-corrected chi connectivity index (χ0v) is 19.6. The van der Waals surface area contributed by atoms with Crippen molar-refractivity contribution in [3.05, 3.63) is 12.2 Å². The summed E-state index contributed by atoms with van der Waals surface area (Å²) < 4.78 is 10.3. The van der Waals surface area contributed by atoms with E-state index in [9.17, 15) is 9.90 Å². The highest BCUT2D eigenvalue weighted by atomic mass is 16.5. The summed E-state index contributed by atoms with van der Waals surface area (Å²) in [4.78, 5) is 12.0. The number of ether oxygens (including phenoxy) is 2. The molecule has 30 heavy (non-hydrogen) atoms. The smallest absolute Gasteiger partial charge is 0.335 e. The van der Waals surface area contributed by atoms with Crippen LogP contribution in [0.4, 0.5) is 0 Å². The van der Waals surface area contributed by atoms with Gasteiger partial charge in [0.05, 0.1) is 18.8 Å². The molecule has 174 valence electrons. The van der Waals surface area contributed by atoms with Gasteiger partial charge < -0.3 is 14.6 Å². The van der Waals surface area contributed by atoms with E-state index in [0.29, 0.717) is 11.5 Å². The van der Waals surface area contributed by atoms with Crippen molar-refractivity contribution in [2.75, 3.05) is 26.9 Å². The Morgan fingerprint density at radius 1 is 1.03 bits per heavy atom. The number of aliphatic hydroxyl groups excluding tert-OH is 1. The molecule has 0 saturated heterocycles. The maximum Gasteiger partial charge on any atom is 0.335 e. The van der Waals surface area contributed by atoms with Crippen LogP contribution in [0.2, 0.25) is 0 Å². The van der Waals surface area contributed by atoms with Crippen LogP contribution in [0.5, 0.6) is 0 Å². The highest BCUT2D eigenvalue weighted by Crippen LogP contribution is 2.42. The average molecular weight is 423 g/mol. The van der Waals surface area contributed by atoms with Crippen LogP contribution in [0.1, 0.15) is 90.4 Å². The summed E-state index contributed by atoms with van der Waals surface area (Å²) >= 11 is 0. The molecule has 4 nitrogen and oxygen atoms in total. The van der Waals surface area contributed by atoms with Crippen molar-refractivity contribution in [3.63, 3.8) is 0 Å². The number of rotatable bonds is 12. The average Bonchev–Trinajstić information content (AvgIpc) is 3.00. The third-order valence-electron chi connectivity index (χ3n) is 7.77. The van der Waals surface area contributed by atoms with Crippen LogP contribution < -0.4 is 0 Å². The summed E-state index contributed by atoms with van der Waals surface area (Å²) in [6, 6.07) is 0. The van der Waals surface area contributed by atoms with Crippen molar-refractivity contribution in [1.82, 2.24) is 0 Å².